The van der Waals surface area contributed by atoms with Crippen molar-refractivity contribution in [1.82, 2.24) is 9.80 Å². The van der Waals surface area contributed by atoms with E-state index < -0.39 is 0 Å². The van der Waals surface area contributed by atoms with Crippen LogP contribution in [0, 0.1) is 11.7 Å². The maximum atomic E-state index is 13.1. The number of para-hydroxylation sites is 1. The maximum absolute atomic E-state index is 13.1. The van der Waals surface area contributed by atoms with Crippen LogP contribution in [0.5, 0.6) is 0 Å². The lowest BCUT2D eigenvalue weighted by Crippen LogP contribution is -2.53. The van der Waals surface area contributed by atoms with Crippen LogP contribution in [0.2, 0.25) is 0 Å². The number of halogens is 1. The van der Waals surface area contributed by atoms with Gasteiger partial charge in [-0.3, -0.25) is 9.59 Å². The van der Waals surface area contributed by atoms with Crippen LogP contribution in [0.3, 0.4) is 0 Å². The van der Waals surface area contributed by atoms with E-state index in [1.165, 1.54) is 30.0 Å². The Labute approximate surface area is 170 Å². The van der Waals surface area contributed by atoms with Crippen molar-refractivity contribution in [1.29, 1.82) is 0 Å². The normalized spacial score (nSPS) is 19.9. The number of likely N-dealkylation sites (tertiary alicyclic amines) is 1. The lowest BCUT2D eigenvalue weighted by atomic mass is 9.95. The number of hydrogen-bond acceptors (Lipinski definition) is 3. The van der Waals surface area contributed by atoms with E-state index in [0.29, 0.717) is 31.7 Å². The Morgan fingerprint density at radius 1 is 0.828 bits per heavy atom. The zero-order valence-corrected chi connectivity index (χ0v) is 16.5. The van der Waals surface area contributed by atoms with Gasteiger partial charge < -0.3 is 14.7 Å². The Kier molecular flexibility index (Phi) is 5.79. The third kappa shape index (κ3) is 4.42. The molecule has 152 valence electrons. The molecule has 0 N–H and O–H groups in total. The van der Waals surface area contributed by atoms with Crippen molar-refractivity contribution in [3.8, 4) is 0 Å². The molecular weight excluding hydrogens is 369 g/mol. The summed E-state index contributed by atoms with van der Waals surface area (Å²) < 4.78 is 13.1. The van der Waals surface area contributed by atoms with E-state index in [9.17, 15) is 14.0 Å². The van der Waals surface area contributed by atoms with Crippen LogP contribution in [0.1, 0.15) is 23.2 Å². The van der Waals surface area contributed by atoms with Crippen molar-refractivity contribution in [2.45, 2.75) is 12.8 Å². The number of carbonyl (C=O) groups excluding carboxylic acids is 2. The molecule has 2 fully saturated rings. The van der Waals surface area contributed by atoms with Crippen LogP contribution < -0.4 is 4.90 Å². The molecule has 0 aliphatic carbocycles. The largest absolute Gasteiger partial charge is 0.368 e. The first-order valence-corrected chi connectivity index (χ1v) is 10.3. The molecule has 2 aliphatic rings. The summed E-state index contributed by atoms with van der Waals surface area (Å²) in [5.74, 6) is -0.495. The van der Waals surface area contributed by atoms with Gasteiger partial charge in [0, 0.05) is 50.5 Å². The minimum atomic E-state index is -0.358. The number of nitrogens with zero attached hydrogens (tertiary/aromatic N) is 3. The first-order valence-electron chi connectivity index (χ1n) is 10.3. The van der Waals surface area contributed by atoms with Gasteiger partial charge in [0.2, 0.25) is 5.91 Å². The molecule has 2 aromatic carbocycles. The standard InChI is InChI=1S/C23H26FN3O2/c24-20-10-8-18(9-11-20)22(28)27-12-4-5-19(17-27)23(29)26-15-13-25(14-16-26)21-6-2-1-3-7-21/h1-3,6-11,19H,4-5,12-17H2/t19-/m1/s1. The topological polar surface area (TPSA) is 43.9 Å². The van der Waals surface area contributed by atoms with E-state index in [0.717, 1.165) is 25.9 Å². The summed E-state index contributed by atoms with van der Waals surface area (Å²) in [6.45, 7) is 4.13. The predicted octanol–water partition coefficient (Wildman–Crippen LogP) is 3.03. The molecule has 2 heterocycles. The van der Waals surface area contributed by atoms with Crippen LogP contribution in [0.25, 0.3) is 0 Å². The van der Waals surface area contributed by atoms with Gasteiger partial charge in [0.15, 0.2) is 0 Å². The van der Waals surface area contributed by atoms with Crippen LogP contribution in [-0.4, -0.2) is 60.9 Å². The second-order valence-electron chi connectivity index (χ2n) is 7.75. The van der Waals surface area contributed by atoms with Crippen LogP contribution >= 0.6 is 0 Å². The van der Waals surface area contributed by atoms with Crippen molar-refractivity contribution in [3.63, 3.8) is 0 Å². The molecule has 2 saturated heterocycles. The van der Waals surface area contributed by atoms with Crippen molar-refractivity contribution in [3.05, 3.63) is 66.0 Å². The Morgan fingerprint density at radius 2 is 1.52 bits per heavy atom. The second-order valence-corrected chi connectivity index (χ2v) is 7.75. The minimum absolute atomic E-state index is 0.128. The molecule has 1 atom stereocenters. The van der Waals surface area contributed by atoms with Crippen molar-refractivity contribution in [2.24, 2.45) is 5.92 Å². The number of carbonyl (C=O) groups is 2. The first kappa shape index (κ1) is 19.4. The molecule has 2 aliphatic heterocycles. The highest BCUT2D eigenvalue weighted by Crippen LogP contribution is 2.23. The molecule has 0 unspecified atom stereocenters. The van der Waals surface area contributed by atoms with E-state index in [-0.39, 0.29) is 23.5 Å². The summed E-state index contributed by atoms with van der Waals surface area (Å²) in [6, 6.07) is 15.9. The van der Waals surface area contributed by atoms with Gasteiger partial charge in [0.25, 0.3) is 5.91 Å². The number of hydrogen-bond donors (Lipinski definition) is 0. The highest BCUT2D eigenvalue weighted by Gasteiger charge is 2.32. The third-order valence-electron chi connectivity index (χ3n) is 5.86. The SMILES string of the molecule is O=C(c1ccc(F)cc1)N1CCC[C@@H](C(=O)N2CCN(c3ccccc3)CC2)C1. The van der Waals surface area contributed by atoms with Crippen molar-refractivity contribution >= 4 is 17.5 Å². The van der Waals surface area contributed by atoms with Crippen LogP contribution in [0.15, 0.2) is 54.6 Å². The van der Waals surface area contributed by atoms with Gasteiger partial charge in [0.1, 0.15) is 5.82 Å². The zero-order valence-electron chi connectivity index (χ0n) is 16.5. The molecule has 2 amide bonds. The predicted molar refractivity (Wildman–Crippen MR) is 110 cm³/mol. The summed E-state index contributed by atoms with van der Waals surface area (Å²) in [7, 11) is 0. The third-order valence-corrected chi connectivity index (χ3v) is 5.86. The van der Waals surface area contributed by atoms with E-state index >= 15 is 0 Å². The number of anilines is 1. The van der Waals surface area contributed by atoms with E-state index in [2.05, 4.69) is 17.0 Å². The second kappa shape index (κ2) is 8.64. The number of rotatable bonds is 3. The molecule has 5 nitrogen and oxygen atoms in total. The Morgan fingerprint density at radius 3 is 2.21 bits per heavy atom. The van der Waals surface area contributed by atoms with Gasteiger partial charge in [-0.25, -0.2) is 4.39 Å². The Hall–Kier alpha value is -2.89. The fourth-order valence-corrected chi connectivity index (χ4v) is 4.22. The number of benzene rings is 2. The van der Waals surface area contributed by atoms with Crippen molar-refractivity contribution in [2.75, 3.05) is 44.2 Å². The van der Waals surface area contributed by atoms with E-state index in [4.69, 9.17) is 0 Å². The monoisotopic (exact) mass is 395 g/mol. The summed E-state index contributed by atoms with van der Waals surface area (Å²) in [6.07, 6.45) is 1.62. The molecule has 0 spiro atoms. The summed E-state index contributed by atoms with van der Waals surface area (Å²) in [5.41, 5.74) is 1.66. The lowest BCUT2D eigenvalue weighted by molar-refractivity contribution is -0.137. The fourth-order valence-electron chi connectivity index (χ4n) is 4.22. The molecule has 4 rings (SSSR count). The molecule has 0 bridgehead atoms. The van der Waals surface area contributed by atoms with E-state index in [1.807, 2.05) is 23.1 Å². The maximum Gasteiger partial charge on any atom is 0.253 e. The number of piperidine rings is 1. The fraction of sp³-hybridized carbons (Fsp3) is 0.391. The minimum Gasteiger partial charge on any atom is -0.368 e. The summed E-state index contributed by atoms with van der Waals surface area (Å²) in [4.78, 5) is 31.8. The zero-order chi connectivity index (χ0) is 20.2. The highest BCUT2D eigenvalue weighted by atomic mass is 19.1. The summed E-state index contributed by atoms with van der Waals surface area (Å²) in [5, 5.41) is 0. The highest BCUT2D eigenvalue weighted by molar-refractivity contribution is 5.94. The molecule has 29 heavy (non-hydrogen) atoms. The Bertz CT molecular complexity index is 848. The molecule has 0 aromatic heterocycles. The number of amides is 2. The molecule has 6 heteroatoms. The van der Waals surface area contributed by atoms with Gasteiger partial charge in [-0.1, -0.05) is 18.2 Å². The van der Waals surface area contributed by atoms with E-state index in [1.54, 1.807) is 4.90 Å². The Balaban J connectivity index is 1.34. The van der Waals surface area contributed by atoms with Gasteiger partial charge in [-0.2, -0.15) is 0 Å². The smallest absolute Gasteiger partial charge is 0.253 e. The van der Waals surface area contributed by atoms with Gasteiger partial charge in [-0.15, -0.1) is 0 Å². The average molecular weight is 395 g/mol. The lowest BCUT2D eigenvalue weighted by Gasteiger charge is -2.39. The average Bonchev–Trinajstić information content (AvgIpc) is 2.79. The van der Waals surface area contributed by atoms with Gasteiger partial charge >= 0.3 is 0 Å². The quantitative estimate of drug-likeness (QED) is 0.803. The molecular formula is C23H26FN3O2. The van der Waals surface area contributed by atoms with Gasteiger partial charge in [-0.05, 0) is 49.2 Å². The van der Waals surface area contributed by atoms with Crippen LogP contribution in [-0.2, 0) is 4.79 Å². The molecule has 0 saturated carbocycles. The number of piperazine rings is 1. The van der Waals surface area contributed by atoms with Gasteiger partial charge in [0.05, 0.1) is 5.92 Å². The molecule has 2 aromatic rings. The van der Waals surface area contributed by atoms with Crippen molar-refractivity contribution < 1.29 is 14.0 Å². The summed E-state index contributed by atoms with van der Waals surface area (Å²) >= 11 is 0. The van der Waals surface area contributed by atoms with Crippen LogP contribution in [0.4, 0.5) is 10.1 Å². The first-order chi connectivity index (χ1) is 14.1. The molecule has 0 radical (unpaired) electrons.